The zero-order chi connectivity index (χ0) is 16.5. The lowest BCUT2D eigenvalue weighted by Gasteiger charge is -2.08. The monoisotopic (exact) mass is 358 g/mol. The van der Waals surface area contributed by atoms with Crippen LogP contribution in [-0.2, 0) is 0 Å². The second-order valence-corrected chi connectivity index (χ2v) is 10.2. The van der Waals surface area contributed by atoms with Crippen molar-refractivity contribution >= 4 is 19.0 Å². The van der Waals surface area contributed by atoms with E-state index in [0.717, 1.165) is 12.1 Å². The number of halogens is 4. The molecule has 0 amide bonds. The molecule has 0 bridgehead atoms. The van der Waals surface area contributed by atoms with Crippen LogP contribution in [0.5, 0.6) is 0 Å². The lowest BCUT2D eigenvalue weighted by molar-refractivity contribution is 0.322. The topological polar surface area (TPSA) is 0 Å². The second kappa shape index (κ2) is 17.5. The fraction of sp³-hybridized carbons (Fsp3) is 1.00. The third-order valence-corrected chi connectivity index (χ3v) is 8.16. The van der Waals surface area contributed by atoms with Crippen LogP contribution in [0.2, 0.25) is 24.2 Å². The summed E-state index contributed by atoms with van der Waals surface area (Å²) in [5, 5.41) is 0. The van der Waals surface area contributed by atoms with Crippen molar-refractivity contribution in [3.05, 3.63) is 0 Å². The van der Waals surface area contributed by atoms with Crippen LogP contribution in [0.4, 0.5) is 17.6 Å². The Balaban J connectivity index is 3.19. The normalized spacial score (nSPS) is 15.3. The molecular weight excluding hydrogens is 324 g/mol. The molecule has 2 unspecified atom stereocenters. The van der Waals surface area contributed by atoms with E-state index >= 15 is 0 Å². The minimum Gasteiger partial charge on any atom is -0.251 e. The Morgan fingerprint density at radius 3 is 1.36 bits per heavy atom. The Kier molecular flexibility index (Phi) is 17.6. The van der Waals surface area contributed by atoms with Gasteiger partial charge >= 0.3 is 0 Å². The van der Waals surface area contributed by atoms with E-state index in [1.807, 2.05) is 0 Å². The average molecular weight is 359 g/mol. The van der Waals surface area contributed by atoms with Crippen LogP contribution >= 0.6 is 0 Å². The van der Waals surface area contributed by atoms with Crippen molar-refractivity contribution in [2.45, 2.75) is 87.9 Å². The van der Waals surface area contributed by atoms with Gasteiger partial charge in [-0.1, -0.05) is 24.9 Å². The molecular formula is C16H34F4Si2. The van der Waals surface area contributed by atoms with Gasteiger partial charge in [-0.05, 0) is 50.6 Å². The first kappa shape index (κ1) is 22.2. The van der Waals surface area contributed by atoms with Crippen LogP contribution < -0.4 is 0 Å². The molecule has 0 saturated carbocycles. The summed E-state index contributed by atoms with van der Waals surface area (Å²) in [4.78, 5) is 0. The summed E-state index contributed by atoms with van der Waals surface area (Å²) < 4.78 is 50.6. The van der Waals surface area contributed by atoms with E-state index in [2.05, 4.69) is 0 Å². The van der Waals surface area contributed by atoms with E-state index in [-0.39, 0.29) is 32.4 Å². The molecule has 0 spiro atoms. The van der Waals surface area contributed by atoms with Gasteiger partial charge < -0.3 is 0 Å². The Hall–Kier alpha value is 0.154. The quantitative estimate of drug-likeness (QED) is 0.200. The smallest absolute Gasteiger partial charge is 0.0973 e. The van der Waals surface area contributed by atoms with Crippen LogP contribution in [-0.4, -0.2) is 44.7 Å². The van der Waals surface area contributed by atoms with E-state index in [4.69, 9.17) is 0 Å². The van der Waals surface area contributed by atoms with Gasteiger partial charge in [0.2, 0.25) is 0 Å². The van der Waals surface area contributed by atoms with Gasteiger partial charge in [0.25, 0.3) is 0 Å². The van der Waals surface area contributed by atoms with E-state index in [9.17, 15) is 17.6 Å². The second-order valence-electron chi connectivity index (χ2n) is 6.26. The lowest BCUT2D eigenvalue weighted by Crippen LogP contribution is -2.05. The van der Waals surface area contributed by atoms with E-state index in [1.165, 1.54) is 24.9 Å². The summed E-state index contributed by atoms with van der Waals surface area (Å²) in [5.74, 6) is 0. The molecule has 0 aromatic heterocycles. The Morgan fingerprint density at radius 2 is 1.00 bits per heavy atom. The predicted molar refractivity (Wildman–Crippen MR) is 95.0 cm³/mol. The molecule has 0 aliphatic carbocycles. The van der Waals surface area contributed by atoms with Crippen molar-refractivity contribution in [1.29, 1.82) is 0 Å². The van der Waals surface area contributed by atoms with Gasteiger partial charge in [-0.15, -0.1) is 0 Å². The lowest BCUT2D eigenvalue weighted by atomic mass is 10.2. The highest BCUT2D eigenvalue weighted by molar-refractivity contribution is 6.36. The van der Waals surface area contributed by atoms with Crippen LogP contribution in [0.25, 0.3) is 0 Å². The number of hydrogen-bond acceptors (Lipinski definition) is 0. The third kappa shape index (κ3) is 16.5. The van der Waals surface area contributed by atoms with Crippen molar-refractivity contribution in [1.82, 2.24) is 0 Å². The predicted octanol–water partition coefficient (Wildman–Crippen LogP) is 4.73. The Labute approximate surface area is 138 Å². The maximum atomic E-state index is 13.4. The van der Waals surface area contributed by atoms with E-state index in [0.29, 0.717) is 38.5 Å². The summed E-state index contributed by atoms with van der Waals surface area (Å²) in [6.45, 7) is -0.659. The minimum atomic E-state index is -0.704. The van der Waals surface area contributed by atoms with E-state index in [1.54, 1.807) is 0 Å². The summed E-state index contributed by atoms with van der Waals surface area (Å²) in [5.41, 5.74) is 0. The van der Waals surface area contributed by atoms with Gasteiger partial charge in [0.15, 0.2) is 0 Å². The zero-order valence-corrected chi connectivity index (χ0v) is 16.8. The maximum Gasteiger partial charge on any atom is 0.0973 e. The fourth-order valence-electron chi connectivity index (χ4n) is 2.65. The SMILES string of the molecule is FCCCCC(F)C[SiH2]CCCC[SiH2]CC(F)CCCCF. The van der Waals surface area contributed by atoms with E-state index < -0.39 is 12.3 Å². The molecule has 0 radical (unpaired) electrons. The van der Waals surface area contributed by atoms with Gasteiger partial charge in [0.05, 0.1) is 25.7 Å². The first-order chi connectivity index (χ1) is 10.7. The van der Waals surface area contributed by atoms with Gasteiger partial charge in [-0.3, -0.25) is 8.78 Å². The molecule has 0 rings (SSSR count). The summed E-state index contributed by atoms with van der Waals surface area (Å²) in [6, 6.07) is 3.86. The van der Waals surface area contributed by atoms with Gasteiger partial charge in [0.1, 0.15) is 0 Å². The number of alkyl halides is 4. The van der Waals surface area contributed by atoms with Gasteiger partial charge in [0, 0.05) is 19.0 Å². The molecule has 0 aromatic carbocycles. The van der Waals surface area contributed by atoms with Crippen molar-refractivity contribution < 1.29 is 17.6 Å². The van der Waals surface area contributed by atoms with Crippen molar-refractivity contribution in [2.24, 2.45) is 0 Å². The molecule has 0 aliphatic rings. The highest BCUT2D eigenvalue weighted by Crippen LogP contribution is 2.13. The number of rotatable bonds is 17. The molecule has 6 heteroatoms. The van der Waals surface area contributed by atoms with Gasteiger partial charge in [-0.2, -0.15) is 0 Å². The molecule has 0 nitrogen and oxygen atoms in total. The molecule has 22 heavy (non-hydrogen) atoms. The molecule has 0 saturated heterocycles. The highest BCUT2D eigenvalue weighted by Gasteiger charge is 2.07. The number of unbranched alkanes of at least 4 members (excludes halogenated alkanes) is 3. The maximum absolute atomic E-state index is 13.4. The van der Waals surface area contributed by atoms with Crippen LogP contribution in [0, 0.1) is 0 Å². The largest absolute Gasteiger partial charge is 0.251 e. The van der Waals surface area contributed by atoms with Crippen LogP contribution in [0.1, 0.15) is 51.4 Å². The first-order valence-corrected chi connectivity index (χ1v) is 13.1. The molecule has 0 N–H and O–H groups in total. The number of hydrogen-bond donors (Lipinski definition) is 0. The summed E-state index contributed by atoms with van der Waals surface area (Å²) in [6.07, 6.45) is 4.35. The molecule has 0 aliphatic heterocycles. The molecule has 0 aromatic rings. The molecule has 0 heterocycles. The standard InChI is InChI=1S/C16H34F4Si2/c17-9-3-1-7-15(19)13-21-11-5-6-12-22-14-16(20)8-2-4-10-18/h15-16H,1-14,21-22H2. The first-order valence-electron chi connectivity index (χ1n) is 9.10. The molecule has 2 atom stereocenters. The Morgan fingerprint density at radius 1 is 0.591 bits per heavy atom. The minimum absolute atomic E-state index is 0.297. The Bertz CT molecular complexity index is 198. The molecule has 0 fully saturated rings. The molecule has 134 valence electrons. The van der Waals surface area contributed by atoms with Crippen LogP contribution in [0.3, 0.4) is 0 Å². The highest BCUT2D eigenvalue weighted by atomic mass is 28.2. The van der Waals surface area contributed by atoms with Crippen molar-refractivity contribution in [2.75, 3.05) is 13.3 Å². The van der Waals surface area contributed by atoms with Crippen molar-refractivity contribution in [3.8, 4) is 0 Å². The van der Waals surface area contributed by atoms with Crippen molar-refractivity contribution in [3.63, 3.8) is 0 Å². The average Bonchev–Trinajstić information content (AvgIpc) is 2.50. The summed E-state index contributed by atoms with van der Waals surface area (Å²) in [7, 11) is -0.595. The van der Waals surface area contributed by atoms with Crippen LogP contribution in [0.15, 0.2) is 0 Å². The third-order valence-electron chi connectivity index (χ3n) is 4.09. The van der Waals surface area contributed by atoms with Gasteiger partial charge in [-0.25, -0.2) is 8.78 Å². The fourth-order valence-corrected chi connectivity index (χ4v) is 6.10. The zero-order valence-electron chi connectivity index (χ0n) is 14.0. The summed E-state index contributed by atoms with van der Waals surface area (Å²) >= 11 is 0.